The van der Waals surface area contributed by atoms with Crippen LogP contribution in [0.2, 0.25) is 0 Å². The number of rotatable bonds is 3. The summed E-state index contributed by atoms with van der Waals surface area (Å²) in [6.45, 7) is 8.53. The van der Waals surface area contributed by atoms with E-state index in [1.165, 1.54) is 21.9 Å². The number of nitrogens with zero attached hydrogens (tertiary/aromatic N) is 4. The molecule has 3 aromatic rings. The molecular weight excluding hydrogens is 308 g/mol. The Kier molecular flexibility index (Phi) is 4.36. The molecule has 0 radical (unpaired) electrons. The molecule has 3 heterocycles. The first kappa shape index (κ1) is 16.0. The topological polar surface area (TPSA) is 32.3 Å². The smallest absolute Gasteiger partial charge is 0.136 e. The molecule has 0 saturated carbocycles. The third-order valence-electron chi connectivity index (χ3n) is 5.32. The summed E-state index contributed by atoms with van der Waals surface area (Å²) in [7, 11) is 0. The van der Waals surface area contributed by atoms with E-state index in [0.717, 1.165) is 32.0 Å². The predicted octanol–water partition coefficient (Wildman–Crippen LogP) is 3.82. The van der Waals surface area contributed by atoms with Crippen molar-refractivity contribution in [3.63, 3.8) is 0 Å². The molecule has 1 fully saturated rings. The fraction of sp³-hybridized carbons (Fsp3) is 0.333. The number of aromatic nitrogens is 2. The summed E-state index contributed by atoms with van der Waals surface area (Å²) in [5, 5.41) is 2.57. The average molecular weight is 332 g/mol. The van der Waals surface area contributed by atoms with Crippen molar-refractivity contribution in [2.75, 3.05) is 31.1 Å². The first-order chi connectivity index (χ1) is 12.2. The Morgan fingerprint density at radius 3 is 2.32 bits per heavy atom. The number of hydrogen-bond donors (Lipinski definition) is 0. The second kappa shape index (κ2) is 6.81. The van der Waals surface area contributed by atoms with Gasteiger partial charge in [-0.3, -0.25) is 9.88 Å². The highest BCUT2D eigenvalue weighted by Crippen LogP contribution is 2.29. The van der Waals surface area contributed by atoms with Gasteiger partial charge in [0.05, 0.1) is 0 Å². The van der Waals surface area contributed by atoms with Crippen LogP contribution >= 0.6 is 0 Å². The summed E-state index contributed by atoms with van der Waals surface area (Å²) >= 11 is 0. The predicted molar refractivity (Wildman–Crippen MR) is 103 cm³/mol. The molecule has 1 aromatic carbocycles. The van der Waals surface area contributed by atoms with Gasteiger partial charge in [0.25, 0.3) is 0 Å². The van der Waals surface area contributed by atoms with Gasteiger partial charge in [0.15, 0.2) is 0 Å². The van der Waals surface area contributed by atoms with Crippen LogP contribution in [-0.4, -0.2) is 41.0 Å². The summed E-state index contributed by atoms with van der Waals surface area (Å²) < 4.78 is 0. The van der Waals surface area contributed by atoms with Crippen LogP contribution in [0.1, 0.15) is 24.1 Å². The molecule has 4 nitrogen and oxygen atoms in total. The summed E-state index contributed by atoms with van der Waals surface area (Å²) in [6.07, 6.45) is 5.76. The fourth-order valence-electron chi connectivity index (χ4n) is 3.74. The van der Waals surface area contributed by atoms with Crippen LogP contribution in [0.25, 0.3) is 10.8 Å². The van der Waals surface area contributed by atoms with E-state index in [2.05, 4.69) is 65.0 Å². The SMILES string of the molecule is Cc1cnc(N2CCN(C(C)c3ccncc3)CC2)c2ccccc12. The molecule has 1 aliphatic heterocycles. The van der Waals surface area contributed by atoms with E-state index in [1.807, 2.05) is 18.6 Å². The van der Waals surface area contributed by atoms with Crippen molar-refractivity contribution in [2.24, 2.45) is 0 Å². The summed E-state index contributed by atoms with van der Waals surface area (Å²) in [6, 6.07) is 13.3. The standard InChI is InChI=1S/C21H24N4/c1-16-15-23-21(20-6-4-3-5-19(16)20)25-13-11-24(12-14-25)17(2)18-7-9-22-10-8-18/h3-10,15,17H,11-14H2,1-2H3. The molecule has 0 aliphatic carbocycles. The van der Waals surface area contributed by atoms with Crippen LogP contribution in [-0.2, 0) is 0 Å². The van der Waals surface area contributed by atoms with E-state index in [4.69, 9.17) is 4.98 Å². The summed E-state index contributed by atoms with van der Waals surface area (Å²) in [5.74, 6) is 1.12. The van der Waals surface area contributed by atoms with Gasteiger partial charge in [0.2, 0.25) is 0 Å². The Hall–Kier alpha value is -2.46. The van der Waals surface area contributed by atoms with Crippen LogP contribution in [0, 0.1) is 6.92 Å². The van der Waals surface area contributed by atoms with Crippen molar-refractivity contribution in [3.05, 3.63) is 66.1 Å². The lowest BCUT2D eigenvalue weighted by molar-refractivity contribution is 0.198. The van der Waals surface area contributed by atoms with Crippen molar-refractivity contribution < 1.29 is 0 Å². The van der Waals surface area contributed by atoms with Crippen molar-refractivity contribution in [3.8, 4) is 0 Å². The second-order valence-corrected chi connectivity index (χ2v) is 6.79. The van der Waals surface area contributed by atoms with Crippen molar-refractivity contribution in [2.45, 2.75) is 19.9 Å². The van der Waals surface area contributed by atoms with E-state index >= 15 is 0 Å². The lowest BCUT2D eigenvalue weighted by Crippen LogP contribution is -2.47. The fourth-order valence-corrected chi connectivity index (χ4v) is 3.74. The lowest BCUT2D eigenvalue weighted by Gasteiger charge is -2.39. The minimum absolute atomic E-state index is 0.424. The maximum Gasteiger partial charge on any atom is 0.136 e. The molecular formula is C21H24N4. The molecule has 1 aliphatic rings. The highest BCUT2D eigenvalue weighted by molar-refractivity contribution is 5.94. The number of pyridine rings is 2. The van der Waals surface area contributed by atoms with Crippen LogP contribution < -0.4 is 4.90 Å². The molecule has 1 unspecified atom stereocenters. The van der Waals surface area contributed by atoms with Gasteiger partial charge in [-0.1, -0.05) is 24.3 Å². The average Bonchev–Trinajstić information content (AvgIpc) is 2.69. The minimum Gasteiger partial charge on any atom is -0.354 e. The van der Waals surface area contributed by atoms with Crippen molar-refractivity contribution in [1.29, 1.82) is 0 Å². The van der Waals surface area contributed by atoms with Crippen LogP contribution in [0.3, 0.4) is 0 Å². The van der Waals surface area contributed by atoms with Gasteiger partial charge in [0.1, 0.15) is 5.82 Å². The van der Waals surface area contributed by atoms with Gasteiger partial charge >= 0.3 is 0 Å². The van der Waals surface area contributed by atoms with E-state index in [1.54, 1.807) is 0 Å². The first-order valence-corrected chi connectivity index (χ1v) is 8.97. The van der Waals surface area contributed by atoms with E-state index in [0.29, 0.717) is 6.04 Å². The number of aryl methyl sites for hydroxylation is 1. The highest BCUT2D eigenvalue weighted by Gasteiger charge is 2.23. The number of benzene rings is 1. The molecule has 0 amide bonds. The normalized spacial score (nSPS) is 17.0. The molecule has 4 heteroatoms. The van der Waals surface area contributed by atoms with Gasteiger partial charge in [-0.25, -0.2) is 4.98 Å². The molecule has 25 heavy (non-hydrogen) atoms. The zero-order valence-corrected chi connectivity index (χ0v) is 14.9. The van der Waals surface area contributed by atoms with Gasteiger partial charge < -0.3 is 4.90 Å². The molecule has 0 N–H and O–H groups in total. The quantitative estimate of drug-likeness (QED) is 0.730. The Bertz CT molecular complexity index is 854. The molecule has 0 bridgehead atoms. The van der Waals surface area contributed by atoms with E-state index in [9.17, 15) is 0 Å². The largest absolute Gasteiger partial charge is 0.354 e. The van der Waals surface area contributed by atoms with Crippen LogP contribution in [0.5, 0.6) is 0 Å². The van der Waals surface area contributed by atoms with Crippen LogP contribution in [0.4, 0.5) is 5.82 Å². The number of piperazine rings is 1. The van der Waals surface area contributed by atoms with E-state index in [-0.39, 0.29) is 0 Å². The first-order valence-electron chi connectivity index (χ1n) is 8.97. The molecule has 128 valence electrons. The Morgan fingerprint density at radius 2 is 1.60 bits per heavy atom. The summed E-state index contributed by atoms with van der Waals surface area (Å²) in [4.78, 5) is 13.9. The van der Waals surface area contributed by atoms with Gasteiger partial charge in [0, 0.05) is 56.2 Å². The molecule has 0 spiro atoms. The monoisotopic (exact) mass is 332 g/mol. The van der Waals surface area contributed by atoms with Crippen LogP contribution in [0.15, 0.2) is 55.0 Å². The highest BCUT2D eigenvalue weighted by atomic mass is 15.3. The zero-order chi connectivity index (χ0) is 17.2. The number of fused-ring (bicyclic) bond motifs is 1. The molecule has 4 rings (SSSR count). The third-order valence-corrected chi connectivity index (χ3v) is 5.32. The summed E-state index contributed by atoms with van der Waals surface area (Å²) in [5.41, 5.74) is 2.58. The van der Waals surface area contributed by atoms with Gasteiger partial charge in [-0.15, -0.1) is 0 Å². The Morgan fingerprint density at radius 1 is 0.920 bits per heavy atom. The minimum atomic E-state index is 0.424. The Labute approximate surface area is 149 Å². The van der Waals surface area contributed by atoms with Gasteiger partial charge in [-0.2, -0.15) is 0 Å². The maximum atomic E-state index is 4.76. The molecule has 1 atom stereocenters. The third kappa shape index (κ3) is 3.10. The molecule has 1 saturated heterocycles. The second-order valence-electron chi connectivity index (χ2n) is 6.79. The maximum absolute atomic E-state index is 4.76. The number of hydrogen-bond acceptors (Lipinski definition) is 4. The molecule has 2 aromatic heterocycles. The zero-order valence-electron chi connectivity index (χ0n) is 14.9. The number of anilines is 1. The van der Waals surface area contributed by atoms with E-state index < -0.39 is 0 Å². The Balaban J connectivity index is 1.52. The lowest BCUT2D eigenvalue weighted by atomic mass is 10.1. The van der Waals surface area contributed by atoms with Gasteiger partial charge in [-0.05, 0) is 42.5 Å². The van der Waals surface area contributed by atoms with Crippen molar-refractivity contribution >= 4 is 16.6 Å². The van der Waals surface area contributed by atoms with Crippen molar-refractivity contribution in [1.82, 2.24) is 14.9 Å².